The van der Waals surface area contributed by atoms with Gasteiger partial charge in [0.15, 0.2) is 6.61 Å². The third-order valence-electron chi connectivity index (χ3n) is 6.30. The van der Waals surface area contributed by atoms with Crippen molar-refractivity contribution in [2.45, 2.75) is 68.1 Å². The third-order valence-corrected chi connectivity index (χ3v) is 7.52. The van der Waals surface area contributed by atoms with Crippen LogP contribution in [-0.4, -0.2) is 72.6 Å². The van der Waals surface area contributed by atoms with E-state index >= 15 is 0 Å². The molecule has 3 aliphatic heterocycles. The molecule has 2 fully saturated rings. The van der Waals surface area contributed by atoms with Crippen LogP contribution in [0.2, 0.25) is 0 Å². The number of nitrogens with one attached hydrogen (secondary N) is 1. The molecule has 1 saturated heterocycles. The molecule has 1 aliphatic carbocycles. The van der Waals surface area contributed by atoms with E-state index in [0.717, 1.165) is 12.8 Å². The smallest absolute Gasteiger partial charge is 0.466 e. The zero-order valence-corrected chi connectivity index (χ0v) is 18.1. The van der Waals surface area contributed by atoms with Crippen molar-refractivity contribution in [3.8, 4) is 5.88 Å². The lowest BCUT2D eigenvalue weighted by molar-refractivity contribution is -0.140. The molecule has 1 saturated carbocycles. The van der Waals surface area contributed by atoms with Gasteiger partial charge in [-0.15, -0.1) is 0 Å². The maximum atomic E-state index is 13.0. The maximum absolute atomic E-state index is 13.0. The van der Waals surface area contributed by atoms with Crippen LogP contribution in [0.4, 0.5) is 13.2 Å². The van der Waals surface area contributed by atoms with E-state index in [1.807, 2.05) is 0 Å². The molecule has 0 spiro atoms. The zero-order chi connectivity index (χ0) is 22.9. The number of carbonyl (C=O) groups excluding carboxylic acids is 1. The largest absolute Gasteiger partial charge is 0.511 e. The van der Waals surface area contributed by atoms with Gasteiger partial charge >= 0.3 is 15.5 Å². The molecule has 9 nitrogen and oxygen atoms in total. The van der Waals surface area contributed by atoms with E-state index < -0.39 is 33.5 Å². The highest BCUT2D eigenvalue weighted by Gasteiger charge is 2.49. The van der Waals surface area contributed by atoms with Crippen LogP contribution >= 0.6 is 0 Å². The summed E-state index contributed by atoms with van der Waals surface area (Å²) in [6, 6.07) is -2.00. The normalized spacial score (nSPS) is 29.7. The first-order chi connectivity index (χ1) is 15.2. The Labute approximate surface area is 183 Å². The van der Waals surface area contributed by atoms with Gasteiger partial charge in [-0.05, 0) is 38.5 Å². The van der Waals surface area contributed by atoms with Crippen molar-refractivity contribution >= 4 is 15.9 Å². The molecular formula is C19H25F3N4O5S. The van der Waals surface area contributed by atoms with Gasteiger partial charge in [0.1, 0.15) is 5.69 Å². The molecule has 4 aliphatic rings. The molecule has 1 amide bonds. The number of rotatable bonds is 2. The predicted octanol–water partition coefficient (Wildman–Crippen LogP) is 1.71. The molecule has 5 rings (SSSR count). The lowest BCUT2D eigenvalue weighted by atomic mass is 9.85. The van der Waals surface area contributed by atoms with E-state index in [4.69, 9.17) is 9.47 Å². The first-order valence-corrected chi connectivity index (χ1v) is 12.1. The maximum Gasteiger partial charge on any atom is 0.511 e. The van der Waals surface area contributed by atoms with Gasteiger partial charge in [-0.3, -0.25) is 9.78 Å². The van der Waals surface area contributed by atoms with Crippen LogP contribution in [0.15, 0.2) is 12.4 Å². The molecule has 1 N–H and O–H groups in total. The number of nitrogens with zero attached hydrogens (tertiary/aromatic N) is 3. The second-order valence-electron chi connectivity index (χ2n) is 8.31. The van der Waals surface area contributed by atoms with Gasteiger partial charge in [0.2, 0.25) is 5.88 Å². The standard InChI is InChI=1S/C19H25F3N4O5S/c20-19(21,22)32(28,29)25-14-2-1-9-26-15(14)10-30-13-5-3-12(4-6-13)17-18(24-8-7-23-17)31-11-16(26)27/h7-8,12-15,25H,1-6,9-11H2/t12?,13?,14?,15-/m0/s1. The minimum absolute atomic E-state index is 0.0600. The minimum atomic E-state index is -5.57. The number of fused-ring (bicyclic) bond motifs is 5. The van der Waals surface area contributed by atoms with E-state index in [-0.39, 0.29) is 44.1 Å². The van der Waals surface area contributed by atoms with E-state index in [9.17, 15) is 26.4 Å². The summed E-state index contributed by atoms with van der Waals surface area (Å²) >= 11 is 0. The quantitative estimate of drug-likeness (QED) is 0.689. The number of piperidine rings is 1. The van der Waals surface area contributed by atoms with Crippen molar-refractivity contribution in [1.82, 2.24) is 19.6 Å². The zero-order valence-electron chi connectivity index (χ0n) is 17.3. The molecule has 178 valence electrons. The highest BCUT2D eigenvalue weighted by molar-refractivity contribution is 7.90. The third kappa shape index (κ3) is 4.84. The summed E-state index contributed by atoms with van der Waals surface area (Å²) < 4.78 is 75.8. The number of halogens is 3. The Morgan fingerprint density at radius 1 is 1.09 bits per heavy atom. The Bertz CT molecular complexity index is 937. The van der Waals surface area contributed by atoms with E-state index in [0.29, 0.717) is 25.0 Å². The fourth-order valence-corrected chi connectivity index (χ4v) is 5.46. The summed E-state index contributed by atoms with van der Waals surface area (Å²) in [6.45, 7) is -0.173. The molecule has 13 heteroatoms. The first kappa shape index (κ1) is 23.2. The van der Waals surface area contributed by atoms with Crippen molar-refractivity contribution < 1.29 is 35.9 Å². The Morgan fingerprint density at radius 2 is 1.81 bits per heavy atom. The molecule has 1 aromatic rings. The predicted molar refractivity (Wildman–Crippen MR) is 105 cm³/mol. The number of aromatic nitrogens is 2. The number of carbonyl (C=O) groups is 1. The summed E-state index contributed by atoms with van der Waals surface area (Å²) in [5, 5.41) is 0. The van der Waals surface area contributed by atoms with E-state index in [1.54, 1.807) is 10.9 Å². The second kappa shape index (κ2) is 9.10. The summed E-state index contributed by atoms with van der Waals surface area (Å²) in [7, 11) is -5.57. The minimum Gasteiger partial charge on any atom is -0.466 e. The molecule has 0 aromatic carbocycles. The number of ether oxygens (including phenoxy) is 2. The Balaban J connectivity index is 1.60. The van der Waals surface area contributed by atoms with Gasteiger partial charge in [0, 0.05) is 30.9 Å². The van der Waals surface area contributed by atoms with Crippen molar-refractivity contribution in [2.24, 2.45) is 0 Å². The van der Waals surface area contributed by atoms with Crippen LogP contribution in [0, 0.1) is 0 Å². The summed E-state index contributed by atoms with van der Waals surface area (Å²) in [5.74, 6) is -0.0895. The molecule has 4 heterocycles. The fraction of sp³-hybridized carbons (Fsp3) is 0.737. The Kier molecular flexibility index (Phi) is 6.59. The number of hydrogen-bond donors (Lipinski definition) is 1. The summed E-state index contributed by atoms with van der Waals surface area (Å²) in [5.41, 5.74) is -4.75. The van der Waals surface area contributed by atoms with Crippen molar-refractivity contribution in [2.75, 3.05) is 19.8 Å². The number of alkyl halides is 3. The van der Waals surface area contributed by atoms with Gasteiger partial charge in [0.25, 0.3) is 5.91 Å². The molecule has 32 heavy (non-hydrogen) atoms. The number of amides is 1. The van der Waals surface area contributed by atoms with Crippen molar-refractivity contribution in [3.63, 3.8) is 0 Å². The molecule has 2 bridgehead atoms. The van der Waals surface area contributed by atoms with Crippen LogP contribution < -0.4 is 9.46 Å². The van der Waals surface area contributed by atoms with Gasteiger partial charge in [-0.25, -0.2) is 18.1 Å². The highest BCUT2D eigenvalue weighted by atomic mass is 32.2. The van der Waals surface area contributed by atoms with Gasteiger partial charge in [-0.2, -0.15) is 13.2 Å². The van der Waals surface area contributed by atoms with Crippen LogP contribution in [0.1, 0.15) is 50.1 Å². The average molecular weight is 478 g/mol. The van der Waals surface area contributed by atoms with Crippen molar-refractivity contribution in [1.29, 1.82) is 0 Å². The van der Waals surface area contributed by atoms with Crippen LogP contribution in [0.5, 0.6) is 5.88 Å². The summed E-state index contributed by atoms with van der Waals surface area (Å²) in [6.07, 6.45) is 6.37. The monoisotopic (exact) mass is 478 g/mol. The number of hydrogen-bond acceptors (Lipinski definition) is 7. The second-order valence-corrected chi connectivity index (χ2v) is 10.0. The van der Waals surface area contributed by atoms with E-state index in [1.165, 1.54) is 11.1 Å². The van der Waals surface area contributed by atoms with E-state index in [2.05, 4.69) is 9.97 Å². The van der Waals surface area contributed by atoms with Gasteiger partial charge in [-0.1, -0.05) is 0 Å². The fourth-order valence-electron chi connectivity index (χ4n) is 4.65. The molecule has 1 aromatic heterocycles. The SMILES string of the molecule is O=C1COc2nccnc2C2CCC(CC2)OC[C@H]2C(NS(=O)(=O)C(F)(F)F)CCCN12. The van der Waals surface area contributed by atoms with Gasteiger partial charge < -0.3 is 14.4 Å². The molecule has 0 radical (unpaired) electrons. The van der Waals surface area contributed by atoms with Crippen molar-refractivity contribution in [3.05, 3.63) is 18.1 Å². The topological polar surface area (TPSA) is 111 Å². The van der Waals surface area contributed by atoms with Crippen LogP contribution in [0.25, 0.3) is 0 Å². The molecule has 2 atom stereocenters. The first-order valence-electron chi connectivity index (χ1n) is 10.6. The van der Waals surface area contributed by atoms with Crippen LogP contribution in [0.3, 0.4) is 0 Å². The summed E-state index contributed by atoms with van der Waals surface area (Å²) in [4.78, 5) is 22.9. The highest BCUT2D eigenvalue weighted by Crippen LogP contribution is 2.37. The number of sulfonamides is 1. The molecular weight excluding hydrogens is 453 g/mol. The lowest BCUT2D eigenvalue weighted by Gasteiger charge is -2.42. The molecule has 1 unspecified atom stereocenters. The lowest BCUT2D eigenvalue weighted by Crippen LogP contribution is -2.60. The average Bonchev–Trinajstić information content (AvgIpc) is 2.77. The van der Waals surface area contributed by atoms with Crippen LogP contribution in [-0.2, 0) is 19.6 Å². The van der Waals surface area contributed by atoms with Gasteiger partial charge in [0.05, 0.1) is 18.8 Å². The Hall–Kier alpha value is -1.99. The Morgan fingerprint density at radius 3 is 2.53 bits per heavy atom.